The van der Waals surface area contributed by atoms with Crippen molar-refractivity contribution in [3.63, 3.8) is 0 Å². The lowest BCUT2D eigenvalue weighted by Gasteiger charge is -2.19. The topological polar surface area (TPSA) is 64.6 Å². The minimum absolute atomic E-state index is 0.278. The molecule has 0 saturated carbocycles. The number of rotatable bonds is 7. The number of carbonyl (C=O) groups excluding carboxylic acids is 2. The highest BCUT2D eigenvalue weighted by atomic mass is 127. The molecule has 0 radical (unpaired) electrons. The van der Waals surface area contributed by atoms with Crippen molar-refractivity contribution in [2.24, 2.45) is 5.92 Å². The van der Waals surface area contributed by atoms with Gasteiger partial charge in [-0.3, -0.25) is 0 Å². The first-order chi connectivity index (χ1) is 11.7. The van der Waals surface area contributed by atoms with E-state index in [1.165, 1.54) is 9.13 Å². The van der Waals surface area contributed by atoms with E-state index in [1.807, 2.05) is 5.48 Å². The van der Waals surface area contributed by atoms with Crippen molar-refractivity contribution < 1.29 is 19.2 Å². The predicted octanol–water partition coefficient (Wildman–Crippen LogP) is 5.01. The van der Waals surface area contributed by atoms with E-state index in [-0.39, 0.29) is 6.42 Å². The molecule has 0 fully saturated rings. The molecule has 1 amide bonds. The van der Waals surface area contributed by atoms with Crippen molar-refractivity contribution in [2.75, 3.05) is 0 Å². The van der Waals surface area contributed by atoms with Crippen LogP contribution in [0.1, 0.15) is 58.9 Å². The van der Waals surface area contributed by atoms with Crippen molar-refractivity contribution in [1.82, 2.24) is 5.48 Å². The molecule has 0 saturated heterocycles. The summed E-state index contributed by atoms with van der Waals surface area (Å²) >= 11 is 2.30. The smallest absolute Gasteiger partial charge is 0.441 e. The number of halogens is 1. The summed E-state index contributed by atoms with van der Waals surface area (Å²) in [5.41, 5.74) is 2.74. The highest BCUT2D eigenvalue weighted by Gasteiger charge is 2.17. The number of nitrogens with one attached hydrogen (secondary N) is 1. The number of hydrogen-bond donors (Lipinski definition) is 1. The van der Waals surface area contributed by atoms with Crippen LogP contribution in [0.2, 0.25) is 0 Å². The monoisotopic (exact) mass is 461 g/mol. The molecule has 1 unspecified atom stereocenters. The summed E-state index contributed by atoms with van der Waals surface area (Å²) in [4.78, 5) is 27.8. The number of carbonyl (C=O) groups is 2. The zero-order chi connectivity index (χ0) is 18.9. The summed E-state index contributed by atoms with van der Waals surface area (Å²) in [6, 6.07) is 8.55. The van der Waals surface area contributed by atoms with Gasteiger partial charge in [-0.05, 0) is 86.2 Å². The van der Waals surface area contributed by atoms with E-state index < -0.39 is 17.7 Å². The molecule has 25 heavy (non-hydrogen) atoms. The fourth-order valence-corrected chi connectivity index (χ4v) is 2.62. The summed E-state index contributed by atoms with van der Waals surface area (Å²) < 4.78 is 6.23. The van der Waals surface area contributed by atoms with Crippen molar-refractivity contribution in [3.05, 3.63) is 33.4 Å². The van der Waals surface area contributed by atoms with Crippen LogP contribution in [0, 0.1) is 9.49 Å². The highest BCUT2D eigenvalue weighted by molar-refractivity contribution is 14.1. The van der Waals surface area contributed by atoms with E-state index >= 15 is 0 Å². The van der Waals surface area contributed by atoms with E-state index in [9.17, 15) is 9.59 Å². The zero-order valence-electron chi connectivity index (χ0n) is 15.4. The first kappa shape index (κ1) is 21.7. The molecular weight excluding hydrogens is 433 g/mol. The first-order valence-corrected chi connectivity index (χ1v) is 9.66. The first-order valence-electron chi connectivity index (χ1n) is 8.59. The number of ether oxygens (including phenoxy) is 1. The number of benzene rings is 1. The van der Waals surface area contributed by atoms with Gasteiger partial charge in [0, 0.05) is 9.99 Å². The van der Waals surface area contributed by atoms with Crippen LogP contribution in [0.25, 0.3) is 0 Å². The maximum Gasteiger partial charge on any atom is 0.441 e. The molecule has 1 atom stereocenters. The third-order valence-electron chi connectivity index (χ3n) is 3.56. The van der Waals surface area contributed by atoms with Gasteiger partial charge in [0.25, 0.3) is 0 Å². The molecule has 5 nitrogen and oxygen atoms in total. The quantitative estimate of drug-likeness (QED) is 0.458. The average Bonchev–Trinajstić information content (AvgIpc) is 2.51. The maximum absolute atomic E-state index is 11.7. The van der Waals surface area contributed by atoms with E-state index in [1.54, 1.807) is 20.8 Å². The van der Waals surface area contributed by atoms with Gasteiger partial charge in [-0.1, -0.05) is 25.5 Å². The molecule has 6 heteroatoms. The van der Waals surface area contributed by atoms with Gasteiger partial charge in [-0.2, -0.15) is 0 Å². The molecule has 1 aromatic rings. The molecule has 1 N–H and O–H groups in total. The molecule has 1 rings (SSSR count). The van der Waals surface area contributed by atoms with E-state index in [2.05, 4.69) is 53.8 Å². The minimum atomic E-state index is -0.758. The Kier molecular flexibility index (Phi) is 9.24. The van der Waals surface area contributed by atoms with Crippen molar-refractivity contribution >= 4 is 34.7 Å². The Labute approximate surface area is 163 Å². The Morgan fingerprint density at radius 1 is 1.16 bits per heavy atom. The van der Waals surface area contributed by atoms with Gasteiger partial charge in [0.05, 0.1) is 0 Å². The molecule has 0 aliphatic heterocycles. The van der Waals surface area contributed by atoms with Crippen molar-refractivity contribution in [3.8, 4) is 0 Å². The standard InChI is InChI=1S/C19H28INO4/c1-14(6-5-7-15-9-11-16(20)12-10-15)8-13-17(22)25-21-18(23)24-19(2,3)4/h9-12,14H,5-8,13H2,1-4H3,(H,21,23). The van der Waals surface area contributed by atoms with Crippen LogP contribution < -0.4 is 5.48 Å². The van der Waals surface area contributed by atoms with Gasteiger partial charge in [-0.15, -0.1) is 5.48 Å². The van der Waals surface area contributed by atoms with Gasteiger partial charge in [0.15, 0.2) is 0 Å². The third-order valence-corrected chi connectivity index (χ3v) is 4.28. The molecule has 0 aliphatic carbocycles. The van der Waals surface area contributed by atoms with Crippen LogP contribution >= 0.6 is 22.6 Å². The largest absolute Gasteiger partial charge is 0.442 e. The Morgan fingerprint density at radius 3 is 2.40 bits per heavy atom. The second kappa shape index (κ2) is 10.6. The Bertz CT molecular complexity index is 552. The second-order valence-electron chi connectivity index (χ2n) is 7.24. The number of hydroxylamine groups is 1. The van der Waals surface area contributed by atoms with Crippen LogP contribution in [0.5, 0.6) is 0 Å². The number of amides is 1. The Morgan fingerprint density at radius 2 is 1.80 bits per heavy atom. The lowest BCUT2D eigenvalue weighted by atomic mass is 9.97. The molecule has 140 valence electrons. The SMILES string of the molecule is CC(CCCc1ccc(I)cc1)CCC(=O)ONC(=O)OC(C)(C)C. The van der Waals surface area contributed by atoms with E-state index in [4.69, 9.17) is 9.57 Å². The fraction of sp³-hybridized carbons (Fsp3) is 0.579. The Hall–Kier alpha value is -1.31. The van der Waals surface area contributed by atoms with Crippen LogP contribution in [0.15, 0.2) is 24.3 Å². The van der Waals surface area contributed by atoms with Gasteiger partial charge < -0.3 is 9.57 Å². The minimum Gasteiger partial charge on any atom is -0.442 e. The normalized spacial score (nSPS) is 12.4. The fourth-order valence-electron chi connectivity index (χ4n) is 2.26. The van der Waals surface area contributed by atoms with Crippen LogP contribution in [0.4, 0.5) is 4.79 Å². The van der Waals surface area contributed by atoms with Crippen LogP contribution in [0.3, 0.4) is 0 Å². The molecular formula is C19H28INO4. The van der Waals surface area contributed by atoms with E-state index in [0.717, 1.165) is 25.7 Å². The molecule has 0 aliphatic rings. The van der Waals surface area contributed by atoms with Crippen molar-refractivity contribution in [1.29, 1.82) is 0 Å². The molecule has 0 spiro atoms. The average molecular weight is 461 g/mol. The molecule has 0 aromatic heterocycles. The molecule has 0 bridgehead atoms. The van der Waals surface area contributed by atoms with Crippen molar-refractivity contribution in [2.45, 2.75) is 65.4 Å². The maximum atomic E-state index is 11.7. The Balaban J connectivity index is 2.14. The third kappa shape index (κ3) is 11.0. The predicted molar refractivity (Wildman–Crippen MR) is 106 cm³/mol. The number of hydrogen-bond acceptors (Lipinski definition) is 4. The lowest BCUT2D eigenvalue weighted by molar-refractivity contribution is -0.150. The summed E-state index contributed by atoms with van der Waals surface area (Å²) in [7, 11) is 0. The summed E-state index contributed by atoms with van der Waals surface area (Å²) in [5, 5.41) is 0. The summed E-state index contributed by atoms with van der Waals surface area (Å²) in [6.07, 6.45) is 3.45. The van der Waals surface area contributed by atoms with Crippen LogP contribution in [-0.4, -0.2) is 17.7 Å². The lowest BCUT2D eigenvalue weighted by Crippen LogP contribution is -2.34. The van der Waals surface area contributed by atoms with Crippen LogP contribution in [-0.2, 0) is 20.8 Å². The summed E-state index contributed by atoms with van der Waals surface area (Å²) in [5.74, 6) is -0.0201. The number of aryl methyl sites for hydroxylation is 1. The van der Waals surface area contributed by atoms with Gasteiger partial charge >= 0.3 is 12.1 Å². The molecule has 1 aromatic carbocycles. The van der Waals surface area contributed by atoms with Gasteiger partial charge in [0.1, 0.15) is 5.60 Å². The zero-order valence-corrected chi connectivity index (χ0v) is 17.6. The molecule has 0 heterocycles. The van der Waals surface area contributed by atoms with E-state index in [0.29, 0.717) is 5.92 Å². The second-order valence-corrected chi connectivity index (χ2v) is 8.49. The highest BCUT2D eigenvalue weighted by Crippen LogP contribution is 2.16. The summed E-state index contributed by atoms with van der Waals surface area (Å²) in [6.45, 7) is 7.35. The van der Waals surface area contributed by atoms with Gasteiger partial charge in [0.2, 0.25) is 0 Å². The van der Waals surface area contributed by atoms with Gasteiger partial charge in [-0.25, -0.2) is 9.59 Å².